The lowest BCUT2D eigenvalue weighted by atomic mass is 10.0. The van der Waals surface area contributed by atoms with Crippen LogP contribution in [-0.4, -0.2) is 39.3 Å². The second-order valence-corrected chi connectivity index (χ2v) is 4.92. The Morgan fingerprint density at radius 1 is 1.26 bits per heavy atom. The van der Waals surface area contributed by atoms with Crippen LogP contribution in [0.2, 0.25) is 0 Å². The number of aromatic nitrogens is 3. The number of nitrogens with one attached hydrogen (secondary N) is 1. The van der Waals surface area contributed by atoms with Crippen molar-refractivity contribution < 1.29 is 0 Å². The third-order valence-electron chi connectivity index (χ3n) is 3.73. The van der Waals surface area contributed by atoms with Crippen LogP contribution in [0.1, 0.15) is 17.3 Å². The smallest absolute Gasteiger partial charge is 0.0521 e. The third-order valence-corrected chi connectivity index (χ3v) is 3.73. The minimum Gasteiger partial charge on any atom is -0.314 e. The van der Waals surface area contributed by atoms with Gasteiger partial charge in [-0.2, -0.15) is 5.10 Å². The van der Waals surface area contributed by atoms with Crippen LogP contribution in [-0.2, 0) is 13.6 Å². The highest BCUT2D eigenvalue weighted by Gasteiger charge is 2.24. The summed E-state index contributed by atoms with van der Waals surface area (Å²) in [5.41, 5.74) is 2.57. The molecule has 1 unspecified atom stereocenters. The van der Waals surface area contributed by atoms with Crippen LogP contribution >= 0.6 is 0 Å². The number of hydrogen-bond acceptors (Lipinski definition) is 4. The Morgan fingerprint density at radius 2 is 2.11 bits per heavy atom. The van der Waals surface area contributed by atoms with Gasteiger partial charge in [-0.1, -0.05) is 0 Å². The zero-order chi connectivity index (χ0) is 13.1. The summed E-state index contributed by atoms with van der Waals surface area (Å²) in [5, 5.41) is 7.72. The predicted molar refractivity (Wildman–Crippen MR) is 73.5 cm³/mol. The number of pyridine rings is 1. The number of nitrogens with zero attached hydrogens (tertiary/aromatic N) is 4. The van der Waals surface area contributed by atoms with Gasteiger partial charge in [-0.05, 0) is 23.8 Å². The van der Waals surface area contributed by atoms with E-state index in [9.17, 15) is 0 Å². The highest BCUT2D eigenvalue weighted by molar-refractivity contribution is 5.17. The van der Waals surface area contributed by atoms with Gasteiger partial charge in [0.05, 0.1) is 5.69 Å². The molecule has 0 aromatic carbocycles. The molecule has 0 amide bonds. The second-order valence-electron chi connectivity index (χ2n) is 4.92. The van der Waals surface area contributed by atoms with Crippen molar-refractivity contribution in [2.24, 2.45) is 7.05 Å². The Bertz CT molecular complexity index is 522. The lowest BCUT2D eigenvalue weighted by molar-refractivity contribution is 0.150. The van der Waals surface area contributed by atoms with Gasteiger partial charge in [-0.25, -0.2) is 0 Å². The molecule has 0 bridgehead atoms. The fourth-order valence-corrected chi connectivity index (χ4v) is 2.61. The first-order valence-electron chi connectivity index (χ1n) is 6.66. The number of aryl methyl sites for hydroxylation is 1. The fraction of sp³-hybridized carbons (Fsp3) is 0.429. The van der Waals surface area contributed by atoms with Gasteiger partial charge >= 0.3 is 0 Å². The molecular weight excluding hydrogens is 238 g/mol. The average Bonchev–Trinajstić information content (AvgIpc) is 2.86. The molecule has 1 atom stereocenters. The standard InChI is InChI=1S/C14H19N5/c1-18-13(4-7-17-18)11-19-9-8-16-10-14(19)12-2-5-15-6-3-12/h2-7,14,16H,8-11H2,1H3. The van der Waals surface area contributed by atoms with Crippen molar-refractivity contribution in [3.05, 3.63) is 48.0 Å². The maximum atomic E-state index is 4.24. The van der Waals surface area contributed by atoms with E-state index in [1.165, 1.54) is 11.3 Å². The van der Waals surface area contributed by atoms with Crippen LogP contribution < -0.4 is 5.32 Å². The molecule has 1 aliphatic rings. The molecule has 2 aromatic heterocycles. The molecule has 3 heterocycles. The Balaban J connectivity index is 1.80. The first-order chi connectivity index (χ1) is 9.34. The molecule has 0 saturated carbocycles. The number of piperazine rings is 1. The van der Waals surface area contributed by atoms with E-state index in [1.807, 2.05) is 30.3 Å². The topological polar surface area (TPSA) is 46.0 Å². The quantitative estimate of drug-likeness (QED) is 0.889. The molecular formula is C14H19N5. The molecule has 5 nitrogen and oxygen atoms in total. The summed E-state index contributed by atoms with van der Waals surface area (Å²) in [6.45, 7) is 4.02. The molecule has 0 radical (unpaired) electrons. The molecule has 1 N–H and O–H groups in total. The minimum atomic E-state index is 0.409. The highest BCUT2D eigenvalue weighted by atomic mass is 15.3. The second kappa shape index (κ2) is 5.50. The molecule has 100 valence electrons. The molecule has 1 fully saturated rings. The van der Waals surface area contributed by atoms with Crippen molar-refractivity contribution in [1.29, 1.82) is 0 Å². The Morgan fingerprint density at radius 3 is 2.84 bits per heavy atom. The van der Waals surface area contributed by atoms with E-state index in [0.717, 1.165) is 26.2 Å². The molecule has 0 aliphatic carbocycles. The normalized spacial score (nSPS) is 20.6. The lowest BCUT2D eigenvalue weighted by Gasteiger charge is -2.36. The van der Waals surface area contributed by atoms with Crippen LogP contribution in [0, 0.1) is 0 Å². The van der Waals surface area contributed by atoms with Crippen LogP contribution in [0.15, 0.2) is 36.8 Å². The average molecular weight is 257 g/mol. The van der Waals surface area contributed by atoms with Gasteiger partial charge in [0.1, 0.15) is 0 Å². The van der Waals surface area contributed by atoms with Gasteiger partial charge < -0.3 is 5.32 Å². The van der Waals surface area contributed by atoms with Crippen LogP contribution in [0.3, 0.4) is 0 Å². The summed E-state index contributed by atoms with van der Waals surface area (Å²) in [4.78, 5) is 6.60. The number of rotatable bonds is 3. The molecule has 2 aromatic rings. The van der Waals surface area contributed by atoms with Gasteiger partial charge in [-0.3, -0.25) is 14.6 Å². The maximum absolute atomic E-state index is 4.24. The van der Waals surface area contributed by atoms with Gasteiger partial charge in [0.2, 0.25) is 0 Å². The number of hydrogen-bond donors (Lipinski definition) is 1. The van der Waals surface area contributed by atoms with Crippen molar-refractivity contribution in [3.8, 4) is 0 Å². The van der Waals surface area contributed by atoms with Gasteiger partial charge in [0, 0.05) is 57.9 Å². The van der Waals surface area contributed by atoms with Crippen LogP contribution in [0.4, 0.5) is 0 Å². The van der Waals surface area contributed by atoms with E-state index in [4.69, 9.17) is 0 Å². The van der Waals surface area contributed by atoms with E-state index >= 15 is 0 Å². The summed E-state index contributed by atoms with van der Waals surface area (Å²) in [5.74, 6) is 0. The SMILES string of the molecule is Cn1nccc1CN1CCNCC1c1ccncc1. The van der Waals surface area contributed by atoms with Gasteiger partial charge in [0.15, 0.2) is 0 Å². The monoisotopic (exact) mass is 257 g/mol. The Kier molecular flexibility index (Phi) is 3.57. The third kappa shape index (κ3) is 2.67. The summed E-state index contributed by atoms with van der Waals surface area (Å²) in [6.07, 6.45) is 5.59. The minimum absolute atomic E-state index is 0.409. The van der Waals surface area contributed by atoms with Crippen molar-refractivity contribution >= 4 is 0 Å². The van der Waals surface area contributed by atoms with E-state index in [-0.39, 0.29) is 0 Å². The summed E-state index contributed by atoms with van der Waals surface area (Å²) in [7, 11) is 2.00. The van der Waals surface area contributed by atoms with Crippen LogP contribution in [0.5, 0.6) is 0 Å². The zero-order valence-corrected chi connectivity index (χ0v) is 11.2. The van der Waals surface area contributed by atoms with E-state index in [1.54, 1.807) is 0 Å². The summed E-state index contributed by atoms with van der Waals surface area (Å²) < 4.78 is 1.95. The van der Waals surface area contributed by atoms with Gasteiger partial charge in [0.25, 0.3) is 0 Å². The Hall–Kier alpha value is -1.72. The first-order valence-corrected chi connectivity index (χ1v) is 6.66. The summed E-state index contributed by atoms with van der Waals surface area (Å²) in [6, 6.07) is 6.71. The van der Waals surface area contributed by atoms with Crippen molar-refractivity contribution in [1.82, 2.24) is 25.0 Å². The molecule has 5 heteroatoms. The van der Waals surface area contributed by atoms with Crippen molar-refractivity contribution in [3.63, 3.8) is 0 Å². The van der Waals surface area contributed by atoms with Crippen molar-refractivity contribution in [2.45, 2.75) is 12.6 Å². The lowest BCUT2D eigenvalue weighted by Crippen LogP contribution is -2.45. The maximum Gasteiger partial charge on any atom is 0.0521 e. The largest absolute Gasteiger partial charge is 0.314 e. The molecule has 1 saturated heterocycles. The van der Waals surface area contributed by atoms with E-state index < -0.39 is 0 Å². The Labute approximate surface area is 113 Å². The molecule has 19 heavy (non-hydrogen) atoms. The van der Waals surface area contributed by atoms with Crippen molar-refractivity contribution in [2.75, 3.05) is 19.6 Å². The molecule has 3 rings (SSSR count). The summed E-state index contributed by atoms with van der Waals surface area (Å²) >= 11 is 0. The first kappa shape index (κ1) is 12.3. The van der Waals surface area contributed by atoms with E-state index in [0.29, 0.717) is 6.04 Å². The predicted octanol–water partition coefficient (Wildman–Crippen LogP) is 0.962. The highest BCUT2D eigenvalue weighted by Crippen LogP contribution is 2.23. The molecule has 0 spiro atoms. The molecule has 1 aliphatic heterocycles. The fourth-order valence-electron chi connectivity index (χ4n) is 2.61. The van der Waals surface area contributed by atoms with Crippen LogP contribution in [0.25, 0.3) is 0 Å². The zero-order valence-electron chi connectivity index (χ0n) is 11.2. The van der Waals surface area contributed by atoms with Gasteiger partial charge in [-0.15, -0.1) is 0 Å². The van der Waals surface area contributed by atoms with E-state index in [2.05, 4.69) is 38.5 Å².